The molecule has 2 aromatic carbocycles. The Hall–Kier alpha value is -2.88. The quantitative estimate of drug-likeness (QED) is 0.598. The van der Waals surface area contributed by atoms with Crippen LogP contribution in [0.1, 0.15) is 5.56 Å². The Bertz CT molecular complexity index is 905. The number of aromatic amines is 1. The minimum atomic E-state index is 0.779. The third-order valence-electron chi connectivity index (χ3n) is 3.70. The molecule has 21 heavy (non-hydrogen) atoms. The summed E-state index contributed by atoms with van der Waals surface area (Å²) in [5.74, 6) is 0. The van der Waals surface area contributed by atoms with Crippen LogP contribution in [0.5, 0.6) is 0 Å². The Morgan fingerprint density at radius 2 is 2.00 bits per heavy atom. The van der Waals surface area contributed by atoms with Crippen LogP contribution in [-0.2, 0) is 6.54 Å². The minimum absolute atomic E-state index is 0.779. The fourth-order valence-electron chi connectivity index (χ4n) is 2.59. The maximum atomic E-state index is 4.17. The van der Waals surface area contributed by atoms with Gasteiger partial charge in [0.2, 0.25) is 0 Å². The molecule has 0 atom stereocenters. The fraction of sp³-hybridized carbons (Fsp3) is 0.0588. The van der Waals surface area contributed by atoms with Gasteiger partial charge < -0.3 is 5.32 Å². The number of aromatic nitrogens is 3. The highest BCUT2D eigenvalue weighted by molar-refractivity contribution is 5.85. The van der Waals surface area contributed by atoms with Crippen molar-refractivity contribution in [1.82, 2.24) is 15.2 Å². The van der Waals surface area contributed by atoms with Crippen molar-refractivity contribution in [3.63, 3.8) is 0 Å². The van der Waals surface area contributed by atoms with Crippen LogP contribution >= 0.6 is 0 Å². The summed E-state index contributed by atoms with van der Waals surface area (Å²) in [6.07, 6.45) is 5.56. The third-order valence-corrected chi connectivity index (χ3v) is 3.70. The van der Waals surface area contributed by atoms with Gasteiger partial charge in [0.25, 0.3) is 0 Å². The maximum absolute atomic E-state index is 4.17. The lowest BCUT2D eigenvalue weighted by molar-refractivity contribution is 1.12. The van der Waals surface area contributed by atoms with E-state index in [1.807, 2.05) is 18.6 Å². The number of anilines is 1. The smallest absolute Gasteiger partial charge is 0.0670 e. The zero-order chi connectivity index (χ0) is 14.1. The first-order valence-corrected chi connectivity index (χ1v) is 6.89. The molecule has 0 bridgehead atoms. The van der Waals surface area contributed by atoms with Gasteiger partial charge >= 0.3 is 0 Å². The van der Waals surface area contributed by atoms with Gasteiger partial charge in [0.15, 0.2) is 0 Å². The van der Waals surface area contributed by atoms with Gasteiger partial charge in [-0.2, -0.15) is 5.10 Å². The predicted octanol–water partition coefficient (Wildman–Crippen LogP) is 3.72. The van der Waals surface area contributed by atoms with E-state index in [0.717, 1.165) is 23.1 Å². The molecule has 0 radical (unpaired) electrons. The van der Waals surface area contributed by atoms with E-state index in [4.69, 9.17) is 0 Å². The van der Waals surface area contributed by atoms with Crippen molar-refractivity contribution in [3.8, 4) is 0 Å². The van der Waals surface area contributed by atoms with Crippen LogP contribution in [0, 0.1) is 0 Å². The van der Waals surface area contributed by atoms with Gasteiger partial charge in [0.1, 0.15) is 0 Å². The minimum Gasteiger partial charge on any atom is -0.381 e. The summed E-state index contributed by atoms with van der Waals surface area (Å²) in [7, 11) is 0. The molecule has 102 valence electrons. The lowest BCUT2D eigenvalue weighted by Crippen LogP contribution is -2.00. The Morgan fingerprint density at radius 3 is 3.00 bits per heavy atom. The summed E-state index contributed by atoms with van der Waals surface area (Å²) in [5, 5.41) is 14.0. The van der Waals surface area contributed by atoms with E-state index in [-0.39, 0.29) is 0 Å². The van der Waals surface area contributed by atoms with Gasteiger partial charge in [0, 0.05) is 35.4 Å². The second-order valence-corrected chi connectivity index (χ2v) is 5.04. The first-order chi connectivity index (χ1) is 10.4. The third kappa shape index (κ3) is 2.21. The fourth-order valence-corrected chi connectivity index (χ4v) is 2.59. The highest BCUT2D eigenvalue weighted by Crippen LogP contribution is 2.20. The Morgan fingerprint density at radius 1 is 1.00 bits per heavy atom. The molecule has 4 aromatic rings. The highest BCUT2D eigenvalue weighted by atomic mass is 15.1. The number of H-pyrrole nitrogens is 1. The molecule has 4 rings (SSSR count). The van der Waals surface area contributed by atoms with Crippen molar-refractivity contribution in [2.75, 3.05) is 5.32 Å². The average Bonchev–Trinajstić information content (AvgIpc) is 3.00. The molecule has 0 fully saturated rings. The van der Waals surface area contributed by atoms with Gasteiger partial charge in [-0.05, 0) is 35.2 Å². The van der Waals surface area contributed by atoms with Crippen LogP contribution in [0.4, 0.5) is 5.69 Å². The average molecular weight is 274 g/mol. The molecule has 0 aliphatic rings. The molecule has 2 aromatic heterocycles. The zero-order valence-corrected chi connectivity index (χ0v) is 11.4. The van der Waals surface area contributed by atoms with Crippen molar-refractivity contribution in [2.24, 2.45) is 0 Å². The number of nitrogens with zero attached hydrogens (tertiary/aromatic N) is 2. The number of benzene rings is 2. The lowest BCUT2D eigenvalue weighted by Gasteiger charge is -2.09. The van der Waals surface area contributed by atoms with Gasteiger partial charge in [-0.15, -0.1) is 0 Å². The number of pyridine rings is 1. The number of hydrogen-bond donors (Lipinski definition) is 2. The van der Waals surface area contributed by atoms with E-state index >= 15 is 0 Å². The summed E-state index contributed by atoms with van der Waals surface area (Å²) in [6, 6.07) is 14.6. The monoisotopic (exact) mass is 274 g/mol. The topological polar surface area (TPSA) is 53.6 Å². The molecule has 0 aliphatic heterocycles. The molecule has 4 nitrogen and oxygen atoms in total. The summed E-state index contributed by atoms with van der Waals surface area (Å²) in [4.78, 5) is 4.17. The maximum Gasteiger partial charge on any atom is 0.0670 e. The normalized spacial score (nSPS) is 11.0. The van der Waals surface area contributed by atoms with Crippen molar-refractivity contribution in [2.45, 2.75) is 6.54 Å². The number of rotatable bonds is 3. The van der Waals surface area contributed by atoms with Crippen LogP contribution in [-0.4, -0.2) is 15.2 Å². The Balaban J connectivity index is 1.63. The van der Waals surface area contributed by atoms with Gasteiger partial charge in [-0.3, -0.25) is 10.1 Å². The molecule has 2 heterocycles. The summed E-state index contributed by atoms with van der Waals surface area (Å²) >= 11 is 0. The van der Waals surface area contributed by atoms with E-state index < -0.39 is 0 Å². The number of fused-ring (bicyclic) bond motifs is 2. The van der Waals surface area contributed by atoms with Crippen LogP contribution < -0.4 is 5.32 Å². The summed E-state index contributed by atoms with van der Waals surface area (Å²) < 4.78 is 0. The van der Waals surface area contributed by atoms with Crippen molar-refractivity contribution in [1.29, 1.82) is 0 Å². The number of nitrogens with one attached hydrogen (secondary N) is 2. The van der Waals surface area contributed by atoms with Crippen LogP contribution in [0.3, 0.4) is 0 Å². The molecule has 0 saturated carbocycles. The van der Waals surface area contributed by atoms with E-state index in [2.05, 4.69) is 63.0 Å². The van der Waals surface area contributed by atoms with Crippen molar-refractivity contribution >= 4 is 27.4 Å². The van der Waals surface area contributed by atoms with Crippen molar-refractivity contribution < 1.29 is 0 Å². The largest absolute Gasteiger partial charge is 0.381 e. The van der Waals surface area contributed by atoms with Crippen LogP contribution in [0.2, 0.25) is 0 Å². The molecular weight excluding hydrogens is 260 g/mol. The van der Waals surface area contributed by atoms with E-state index in [9.17, 15) is 0 Å². The van der Waals surface area contributed by atoms with Crippen LogP contribution in [0.15, 0.2) is 61.1 Å². The van der Waals surface area contributed by atoms with E-state index in [0.29, 0.717) is 0 Å². The Labute approximate surface area is 121 Å². The van der Waals surface area contributed by atoms with E-state index in [1.54, 1.807) is 0 Å². The van der Waals surface area contributed by atoms with Crippen molar-refractivity contribution in [3.05, 3.63) is 66.6 Å². The van der Waals surface area contributed by atoms with E-state index in [1.165, 1.54) is 16.3 Å². The first-order valence-electron chi connectivity index (χ1n) is 6.89. The zero-order valence-electron chi connectivity index (χ0n) is 11.4. The summed E-state index contributed by atoms with van der Waals surface area (Å²) in [6.45, 7) is 0.779. The number of hydrogen-bond acceptors (Lipinski definition) is 3. The second kappa shape index (κ2) is 4.90. The van der Waals surface area contributed by atoms with Gasteiger partial charge in [-0.1, -0.05) is 18.2 Å². The molecule has 0 unspecified atom stereocenters. The SMILES string of the molecule is c1cc(CNc2ccc3cn[nH]c3c2)c2ccncc2c1. The standard InChI is InChI=1S/C17H14N4/c1-2-12-9-18-7-6-16(12)13(3-1)10-19-15-5-4-14-11-20-21-17(14)8-15/h1-9,11,19H,10H2,(H,20,21). The molecule has 0 aliphatic carbocycles. The highest BCUT2D eigenvalue weighted by Gasteiger charge is 2.02. The van der Waals surface area contributed by atoms with Gasteiger partial charge in [-0.25, -0.2) is 0 Å². The predicted molar refractivity (Wildman–Crippen MR) is 85.2 cm³/mol. The second-order valence-electron chi connectivity index (χ2n) is 5.04. The molecular formula is C17H14N4. The Kier molecular flexibility index (Phi) is 2.78. The molecule has 0 amide bonds. The molecule has 0 spiro atoms. The molecule has 0 saturated heterocycles. The first kappa shape index (κ1) is 11.9. The van der Waals surface area contributed by atoms with Gasteiger partial charge in [0.05, 0.1) is 11.7 Å². The lowest BCUT2D eigenvalue weighted by atomic mass is 10.1. The molecule has 2 N–H and O–H groups in total. The van der Waals surface area contributed by atoms with Crippen LogP contribution in [0.25, 0.3) is 21.7 Å². The summed E-state index contributed by atoms with van der Waals surface area (Å²) in [5.41, 5.74) is 3.39. The molecule has 4 heteroatoms.